The molecule has 1 aromatic heterocycles. The molecule has 0 aromatic carbocycles. The van der Waals surface area contributed by atoms with Crippen LogP contribution in [0.1, 0.15) is 43.1 Å². The predicted molar refractivity (Wildman–Crippen MR) is 68.5 cm³/mol. The maximum atomic E-state index is 8.99. The Morgan fingerprint density at radius 2 is 2.29 bits per heavy atom. The quantitative estimate of drug-likeness (QED) is 0.868. The van der Waals surface area contributed by atoms with Crippen molar-refractivity contribution >= 4 is 0 Å². The Bertz CT molecular complexity index is 439. The Kier molecular flexibility index (Phi) is 3.54. The first kappa shape index (κ1) is 12.2. The molecule has 0 bridgehead atoms. The van der Waals surface area contributed by atoms with Crippen molar-refractivity contribution in [3.63, 3.8) is 0 Å². The Morgan fingerprint density at radius 1 is 1.53 bits per heavy atom. The van der Waals surface area contributed by atoms with Crippen LogP contribution >= 0.6 is 0 Å². The Morgan fingerprint density at radius 3 is 2.82 bits per heavy atom. The first-order valence-corrected chi connectivity index (χ1v) is 6.42. The molecule has 0 spiro atoms. The zero-order chi connectivity index (χ0) is 12.4. The van der Waals surface area contributed by atoms with E-state index in [4.69, 9.17) is 5.26 Å². The van der Waals surface area contributed by atoms with Crippen LogP contribution in [0.25, 0.3) is 0 Å². The first-order valence-electron chi connectivity index (χ1n) is 6.42. The summed E-state index contributed by atoms with van der Waals surface area (Å²) in [5.41, 5.74) is 3.20. The van der Waals surface area contributed by atoms with E-state index < -0.39 is 0 Å². The van der Waals surface area contributed by atoms with Crippen molar-refractivity contribution in [1.29, 1.82) is 5.26 Å². The topological polar surface area (TPSA) is 40.8 Å². The molecule has 0 amide bonds. The Balaban J connectivity index is 2.02. The van der Waals surface area contributed by atoms with E-state index in [9.17, 15) is 0 Å². The van der Waals surface area contributed by atoms with Crippen LogP contribution in [0.2, 0.25) is 0 Å². The lowest BCUT2D eigenvalue weighted by Crippen LogP contribution is -2.30. The van der Waals surface area contributed by atoms with Crippen molar-refractivity contribution in [2.75, 3.05) is 0 Å². The maximum Gasteiger partial charge on any atom is 0.120 e. The second kappa shape index (κ2) is 4.93. The van der Waals surface area contributed by atoms with E-state index in [0.717, 1.165) is 18.2 Å². The average Bonchev–Trinajstić information content (AvgIpc) is 2.84. The molecule has 1 aliphatic carbocycles. The highest BCUT2D eigenvalue weighted by Gasteiger charge is 2.22. The monoisotopic (exact) mass is 231 g/mol. The summed E-state index contributed by atoms with van der Waals surface area (Å²) in [7, 11) is 1.95. The van der Waals surface area contributed by atoms with Crippen LogP contribution in [-0.4, -0.2) is 10.6 Å². The molecular weight excluding hydrogens is 210 g/mol. The van der Waals surface area contributed by atoms with Crippen LogP contribution in [0.5, 0.6) is 0 Å². The van der Waals surface area contributed by atoms with Gasteiger partial charge >= 0.3 is 0 Å². The molecule has 17 heavy (non-hydrogen) atoms. The van der Waals surface area contributed by atoms with Crippen LogP contribution in [-0.2, 0) is 13.6 Å². The van der Waals surface area contributed by atoms with E-state index in [2.05, 4.69) is 25.2 Å². The van der Waals surface area contributed by atoms with Crippen LogP contribution < -0.4 is 5.32 Å². The lowest BCUT2D eigenvalue weighted by Gasteiger charge is -2.17. The number of nitrogens with zero attached hydrogens (tertiary/aromatic N) is 2. The van der Waals surface area contributed by atoms with Gasteiger partial charge in [0.05, 0.1) is 0 Å². The largest absolute Gasteiger partial charge is 0.340 e. The number of aromatic nitrogens is 1. The number of nitriles is 1. The summed E-state index contributed by atoms with van der Waals surface area (Å²) >= 11 is 0. The van der Waals surface area contributed by atoms with E-state index in [1.54, 1.807) is 0 Å². The molecule has 0 radical (unpaired) electrons. The van der Waals surface area contributed by atoms with E-state index in [0.29, 0.717) is 6.04 Å². The molecule has 3 nitrogen and oxygen atoms in total. The fraction of sp³-hybridized carbons (Fsp3) is 0.643. The number of hydrogen-bond donors (Lipinski definition) is 1. The minimum atomic E-state index is 0.653. The van der Waals surface area contributed by atoms with Gasteiger partial charge < -0.3 is 9.88 Å². The summed E-state index contributed by atoms with van der Waals surface area (Å²) in [4.78, 5) is 0. The third kappa shape index (κ3) is 2.37. The second-order valence-corrected chi connectivity index (χ2v) is 5.21. The summed E-state index contributed by atoms with van der Waals surface area (Å²) in [6.07, 6.45) is 3.98. The normalized spacial score (nSPS) is 23.9. The molecular formula is C14H21N3. The summed E-state index contributed by atoms with van der Waals surface area (Å²) < 4.78 is 1.97. The van der Waals surface area contributed by atoms with Gasteiger partial charge in [0, 0.05) is 25.3 Å². The van der Waals surface area contributed by atoms with Gasteiger partial charge in [-0.05, 0) is 37.3 Å². The van der Waals surface area contributed by atoms with Crippen LogP contribution in [0.15, 0.2) is 6.07 Å². The SMILES string of the molecule is Cc1c(CNC2CCCC2C)cc(C#N)n1C. The van der Waals surface area contributed by atoms with Crippen LogP contribution in [0.4, 0.5) is 0 Å². The zero-order valence-electron chi connectivity index (χ0n) is 11.0. The minimum absolute atomic E-state index is 0.653. The van der Waals surface area contributed by atoms with Gasteiger partial charge in [0.2, 0.25) is 0 Å². The molecule has 2 atom stereocenters. The van der Waals surface area contributed by atoms with E-state index in [-0.39, 0.29) is 0 Å². The fourth-order valence-corrected chi connectivity index (χ4v) is 2.74. The Hall–Kier alpha value is -1.27. The molecule has 92 valence electrons. The lowest BCUT2D eigenvalue weighted by atomic mass is 10.1. The molecule has 1 fully saturated rings. The molecule has 0 saturated heterocycles. The molecule has 1 heterocycles. The first-order chi connectivity index (χ1) is 8.13. The van der Waals surface area contributed by atoms with Crippen molar-refractivity contribution in [2.24, 2.45) is 13.0 Å². The van der Waals surface area contributed by atoms with Gasteiger partial charge in [-0.1, -0.05) is 13.3 Å². The van der Waals surface area contributed by atoms with Crippen molar-refractivity contribution in [1.82, 2.24) is 9.88 Å². The summed E-state index contributed by atoms with van der Waals surface area (Å²) in [5.74, 6) is 0.787. The van der Waals surface area contributed by atoms with Gasteiger partial charge in [-0.2, -0.15) is 5.26 Å². The van der Waals surface area contributed by atoms with Gasteiger partial charge in [0.1, 0.15) is 11.8 Å². The van der Waals surface area contributed by atoms with Crippen molar-refractivity contribution in [2.45, 2.75) is 45.7 Å². The third-order valence-electron chi connectivity index (χ3n) is 4.17. The molecule has 0 aliphatic heterocycles. The molecule has 1 N–H and O–H groups in total. The standard InChI is InChI=1S/C14H21N3/c1-10-5-4-6-14(10)16-9-12-7-13(8-15)17(3)11(12)2/h7,10,14,16H,4-6,9H2,1-3H3. The highest BCUT2D eigenvalue weighted by atomic mass is 15.0. The summed E-state index contributed by atoms with van der Waals surface area (Å²) in [6.45, 7) is 5.29. The van der Waals surface area contributed by atoms with Gasteiger partial charge in [-0.25, -0.2) is 0 Å². The minimum Gasteiger partial charge on any atom is -0.340 e. The number of hydrogen-bond acceptors (Lipinski definition) is 2. The van der Waals surface area contributed by atoms with E-state index >= 15 is 0 Å². The predicted octanol–water partition coefficient (Wildman–Crippen LogP) is 2.48. The van der Waals surface area contributed by atoms with Crippen LogP contribution in [0, 0.1) is 24.2 Å². The molecule has 1 aromatic rings. The van der Waals surface area contributed by atoms with E-state index in [1.807, 2.05) is 17.7 Å². The smallest absolute Gasteiger partial charge is 0.120 e. The summed E-state index contributed by atoms with van der Waals surface area (Å²) in [6, 6.07) is 4.88. The van der Waals surface area contributed by atoms with Crippen molar-refractivity contribution in [3.05, 3.63) is 23.0 Å². The molecule has 2 unspecified atom stereocenters. The second-order valence-electron chi connectivity index (χ2n) is 5.21. The van der Waals surface area contributed by atoms with Crippen molar-refractivity contribution in [3.8, 4) is 6.07 Å². The number of nitrogens with one attached hydrogen (secondary N) is 1. The van der Waals surface area contributed by atoms with Crippen molar-refractivity contribution < 1.29 is 0 Å². The van der Waals surface area contributed by atoms with Gasteiger partial charge in [0.25, 0.3) is 0 Å². The molecule has 1 aliphatic rings. The molecule has 3 heteroatoms. The molecule has 1 saturated carbocycles. The maximum absolute atomic E-state index is 8.99. The van der Waals surface area contributed by atoms with Gasteiger partial charge in [-0.3, -0.25) is 0 Å². The highest BCUT2D eigenvalue weighted by Crippen LogP contribution is 2.25. The summed E-state index contributed by atoms with van der Waals surface area (Å²) in [5, 5.41) is 12.6. The Labute approximate surface area is 103 Å². The highest BCUT2D eigenvalue weighted by molar-refractivity contribution is 5.34. The van der Waals surface area contributed by atoms with E-state index in [1.165, 1.54) is 30.5 Å². The lowest BCUT2D eigenvalue weighted by molar-refractivity contribution is 0.425. The fourth-order valence-electron chi connectivity index (χ4n) is 2.74. The van der Waals surface area contributed by atoms with Gasteiger partial charge in [0.15, 0.2) is 0 Å². The third-order valence-corrected chi connectivity index (χ3v) is 4.17. The number of rotatable bonds is 3. The molecule has 2 rings (SSSR count). The van der Waals surface area contributed by atoms with Gasteiger partial charge in [-0.15, -0.1) is 0 Å². The zero-order valence-corrected chi connectivity index (χ0v) is 11.0. The average molecular weight is 231 g/mol. The van der Waals surface area contributed by atoms with Crippen LogP contribution in [0.3, 0.4) is 0 Å².